The van der Waals surface area contributed by atoms with Crippen LogP contribution in [0.2, 0.25) is 0 Å². The summed E-state index contributed by atoms with van der Waals surface area (Å²) in [5.74, 6) is 1.01. The van der Waals surface area contributed by atoms with Gasteiger partial charge < -0.3 is 10.5 Å². The largest absolute Gasteiger partial charge is 0.496 e. The minimum absolute atomic E-state index is 0.0521. The van der Waals surface area contributed by atoms with Gasteiger partial charge in [-0.1, -0.05) is 53.7 Å². The minimum Gasteiger partial charge on any atom is -0.496 e. The average molecular weight is 249 g/mol. The third-order valence-electron chi connectivity index (χ3n) is 3.20. The molecular formula is C16H27NO. The summed E-state index contributed by atoms with van der Waals surface area (Å²) in [6.07, 6.45) is 0. The second-order valence-corrected chi connectivity index (χ2v) is 6.93. The summed E-state index contributed by atoms with van der Waals surface area (Å²) < 4.78 is 5.69. The lowest BCUT2D eigenvalue weighted by molar-refractivity contribution is 0.381. The maximum Gasteiger partial charge on any atom is 0.126 e. The Labute approximate surface area is 112 Å². The molecule has 0 aliphatic carbocycles. The zero-order chi connectivity index (χ0) is 14.1. The van der Waals surface area contributed by atoms with Gasteiger partial charge in [-0.2, -0.15) is 0 Å². The van der Waals surface area contributed by atoms with Gasteiger partial charge in [0.05, 0.1) is 7.11 Å². The highest BCUT2D eigenvalue weighted by atomic mass is 16.5. The van der Waals surface area contributed by atoms with E-state index in [0.717, 1.165) is 5.75 Å². The lowest BCUT2D eigenvalue weighted by Crippen LogP contribution is -2.20. The Kier molecular flexibility index (Phi) is 4.12. The van der Waals surface area contributed by atoms with Crippen molar-refractivity contribution in [3.8, 4) is 5.75 Å². The number of nitrogens with two attached hydrogens (primary N) is 1. The summed E-state index contributed by atoms with van der Waals surface area (Å²) in [7, 11) is 1.75. The van der Waals surface area contributed by atoms with Crippen LogP contribution in [0.25, 0.3) is 0 Å². The number of hydrogen-bond donors (Lipinski definition) is 1. The van der Waals surface area contributed by atoms with Gasteiger partial charge >= 0.3 is 0 Å². The molecule has 2 nitrogen and oxygen atoms in total. The lowest BCUT2D eigenvalue weighted by Gasteiger charge is -2.29. The van der Waals surface area contributed by atoms with Crippen molar-refractivity contribution >= 4 is 0 Å². The van der Waals surface area contributed by atoms with Crippen molar-refractivity contribution in [3.63, 3.8) is 0 Å². The maximum absolute atomic E-state index is 5.82. The van der Waals surface area contributed by atoms with Crippen LogP contribution < -0.4 is 10.5 Å². The number of hydrogen-bond acceptors (Lipinski definition) is 2. The molecule has 0 bridgehead atoms. The molecule has 0 amide bonds. The van der Waals surface area contributed by atoms with Crippen molar-refractivity contribution in [3.05, 3.63) is 28.8 Å². The molecule has 102 valence electrons. The summed E-state index contributed by atoms with van der Waals surface area (Å²) in [5, 5.41) is 0. The Morgan fingerprint density at radius 1 is 0.944 bits per heavy atom. The van der Waals surface area contributed by atoms with Crippen molar-refractivity contribution in [2.45, 2.75) is 58.9 Å². The van der Waals surface area contributed by atoms with Crippen molar-refractivity contribution < 1.29 is 4.74 Å². The van der Waals surface area contributed by atoms with E-state index in [2.05, 4.69) is 53.7 Å². The van der Waals surface area contributed by atoms with Gasteiger partial charge in [0.2, 0.25) is 0 Å². The highest BCUT2D eigenvalue weighted by Crippen LogP contribution is 2.40. The normalized spacial score (nSPS) is 12.7. The van der Waals surface area contributed by atoms with E-state index < -0.39 is 0 Å². The van der Waals surface area contributed by atoms with Gasteiger partial charge in [0.1, 0.15) is 5.75 Å². The highest BCUT2D eigenvalue weighted by Gasteiger charge is 2.27. The molecule has 1 aromatic carbocycles. The summed E-state index contributed by atoms with van der Waals surface area (Å²) in [4.78, 5) is 0. The minimum atomic E-state index is 0.0521. The second kappa shape index (κ2) is 4.93. The maximum atomic E-state index is 5.82. The zero-order valence-corrected chi connectivity index (χ0v) is 12.8. The molecule has 1 aromatic rings. The molecule has 0 saturated heterocycles. The van der Waals surface area contributed by atoms with Crippen LogP contribution in [0, 0.1) is 0 Å². The average Bonchev–Trinajstić information content (AvgIpc) is 2.24. The van der Waals surface area contributed by atoms with E-state index in [1.807, 2.05) is 0 Å². The quantitative estimate of drug-likeness (QED) is 0.866. The van der Waals surface area contributed by atoms with Gasteiger partial charge in [0, 0.05) is 17.7 Å². The smallest absolute Gasteiger partial charge is 0.126 e. The van der Waals surface area contributed by atoms with Crippen LogP contribution in [0.3, 0.4) is 0 Å². The molecule has 0 heterocycles. The molecular weight excluding hydrogens is 222 g/mol. The molecule has 0 aliphatic heterocycles. The van der Waals surface area contributed by atoms with Crippen LogP contribution in [-0.2, 0) is 17.4 Å². The fourth-order valence-corrected chi connectivity index (χ4v) is 2.14. The monoisotopic (exact) mass is 249 g/mol. The Morgan fingerprint density at radius 3 is 1.56 bits per heavy atom. The molecule has 18 heavy (non-hydrogen) atoms. The third-order valence-corrected chi connectivity index (χ3v) is 3.20. The molecule has 0 saturated carbocycles. The van der Waals surface area contributed by atoms with Crippen LogP contribution in [0.4, 0.5) is 0 Å². The molecule has 0 aromatic heterocycles. The molecule has 0 atom stereocenters. The first kappa shape index (κ1) is 15.0. The van der Waals surface area contributed by atoms with Crippen LogP contribution in [0.5, 0.6) is 5.75 Å². The number of rotatable bonds is 2. The number of methoxy groups -OCH3 is 1. The lowest BCUT2D eigenvalue weighted by atomic mass is 9.78. The molecule has 0 radical (unpaired) electrons. The Hall–Kier alpha value is -1.02. The van der Waals surface area contributed by atoms with Crippen molar-refractivity contribution in [2.75, 3.05) is 7.11 Å². The molecule has 2 heteroatoms. The topological polar surface area (TPSA) is 35.2 Å². The SMILES string of the molecule is COc1c(C(C)(C)C)cc(CN)cc1C(C)(C)C. The zero-order valence-electron chi connectivity index (χ0n) is 12.8. The van der Waals surface area contributed by atoms with Gasteiger partial charge in [-0.15, -0.1) is 0 Å². The molecule has 1 rings (SSSR count). The molecule has 0 fully saturated rings. The van der Waals surface area contributed by atoms with Crippen LogP contribution in [-0.4, -0.2) is 7.11 Å². The number of benzene rings is 1. The first-order valence-corrected chi connectivity index (χ1v) is 6.53. The summed E-state index contributed by atoms with van der Waals surface area (Å²) in [6, 6.07) is 4.35. The highest BCUT2D eigenvalue weighted by molar-refractivity contribution is 5.50. The Morgan fingerprint density at radius 2 is 1.33 bits per heavy atom. The van der Waals surface area contributed by atoms with E-state index in [1.165, 1.54) is 16.7 Å². The Balaban J connectivity index is 3.61. The van der Waals surface area contributed by atoms with Gasteiger partial charge in [-0.05, 0) is 16.4 Å². The van der Waals surface area contributed by atoms with Crippen LogP contribution >= 0.6 is 0 Å². The van der Waals surface area contributed by atoms with E-state index >= 15 is 0 Å². The van der Waals surface area contributed by atoms with E-state index in [0.29, 0.717) is 6.54 Å². The first-order chi connectivity index (χ1) is 8.11. The first-order valence-electron chi connectivity index (χ1n) is 6.53. The van der Waals surface area contributed by atoms with Gasteiger partial charge in [-0.25, -0.2) is 0 Å². The fourth-order valence-electron chi connectivity index (χ4n) is 2.14. The third kappa shape index (κ3) is 3.05. The van der Waals surface area contributed by atoms with Gasteiger partial charge in [0.15, 0.2) is 0 Å². The molecule has 0 spiro atoms. The molecule has 0 unspecified atom stereocenters. The number of ether oxygens (including phenoxy) is 1. The van der Waals surface area contributed by atoms with Crippen LogP contribution in [0.15, 0.2) is 12.1 Å². The molecule has 2 N–H and O–H groups in total. The van der Waals surface area contributed by atoms with Crippen molar-refractivity contribution in [2.24, 2.45) is 5.73 Å². The van der Waals surface area contributed by atoms with E-state index in [4.69, 9.17) is 10.5 Å². The van der Waals surface area contributed by atoms with Crippen molar-refractivity contribution in [1.82, 2.24) is 0 Å². The van der Waals surface area contributed by atoms with Gasteiger partial charge in [0.25, 0.3) is 0 Å². The standard InChI is InChI=1S/C16H27NO/c1-15(2,3)12-8-11(10-17)9-13(14(12)18-7)16(4,5)6/h8-9H,10,17H2,1-7H3. The van der Waals surface area contributed by atoms with E-state index in [9.17, 15) is 0 Å². The predicted molar refractivity (Wildman–Crippen MR) is 78.3 cm³/mol. The predicted octanol–water partition coefficient (Wildman–Crippen LogP) is 3.75. The van der Waals surface area contributed by atoms with E-state index in [-0.39, 0.29) is 10.8 Å². The summed E-state index contributed by atoms with van der Waals surface area (Å²) in [6.45, 7) is 13.8. The summed E-state index contributed by atoms with van der Waals surface area (Å²) in [5.41, 5.74) is 9.57. The fraction of sp³-hybridized carbons (Fsp3) is 0.625. The second-order valence-electron chi connectivity index (χ2n) is 6.93. The van der Waals surface area contributed by atoms with Gasteiger partial charge in [-0.3, -0.25) is 0 Å². The molecule has 0 aliphatic rings. The van der Waals surface area contributed by atoms with Crippen LogP contribution in [0.1, 0.15) is 58.2 Å². The summed E-state index contributed by atoms with van der Waals surface area (Å²) >= 11 is 0. The van der Waals surface area contributed by atoms with E-state index in [1.54, 1.807) is 7.11 Å². The van der Waals surface area contributed by atoms with Crippen molar-refractivity contribution in [1.29, 1.82) is 0 Å². The Bertz CT molecular complexity index is 387.